The first-order valence-electron chi connectivity index (χ1n) is 8.28. The lowest BCUT2D eigenvalue weighted by molar-refractivity contribution is -0.121. The van der Waals surface area contributed by atoms with Gasteiger partial charge >= 0.3 is 0 Å². The molecule has 0 saturated heterocycles. The number of nitrogens with zero attached hydrogens (tertiary/aromatic N) is 2. The number of carbonyl (C=O) groups is 1. The maximum Gasteiger partial charge on any atom is 0.220 e. The Morgan fingerprint density at radius 3 is 2.87 bits per heavy atom. The molecule has 3 N–H and O–H groups in total. The van der Waals surface area contributed by atoms with Gasteiger partial charge < -0.3 is 15.6 Å². The zero-order valence-electron chi connectivity index (χ0n) is 13.7. The van der Waals surface area contributed by atoms with Crippen LogP contribution >= 0.6 is 0 Å². The molecule has 1 atom stereocenters. The Labute approximate surface area is 137 Å². The summed E-state index contributed by atoms with van der Waals surface area (Å²) < 4.78 is 1.95. The second kappa shape index (κ2) is 9.10. The number of carbonyl (C=O) groups excluding carboxylic acids is 1. The van der Waals surface area contributed by atoms with Crippen molar-refractivity contribution in [3.63, 3.8) is 0 Å². The van der Waals surface area contributed by atoms with Crippen molar-refractivity contribution in [1.29, 1.82) is 0 Å². The SMILES string of the molecule is CC(NC(=O)CCCCCCN)c1cccc(-n2ccnc2)c1. The van der Waals surface area contributed by atoms with E-state index >= 15 is 0 Å². The van der Waals surface area contributed by atoms with Crippen molar-refractivity contribution in [2.45, 2.75) is 45.1 Å². The highest BCUT2D eigenvalue weighted by molar-refractivity contribution is 5.76. The molecule has 0 aliphatic rings. The lowest BCUT2D eigenvalue weighted by Crippen LogP contribution is -2.26. The predicted molar refractivity (Wildman–Crippen MR) is 92.3 cm³/mol. The number of aromatic nitrogens is 2. The highest BCUT2D eigenvalue weighted by Gasteiger charge is 2.10. The van der Waals surface area contributed by atoms with E-state index in [4.69, 9.17) is 5.73 Å². The van der Waals surface area contributed by atoms with Crippen LogP contribution < -0.4 is 11.1 Å². The quantitative estimate of drug-likeness (QED) is 0.699. The Kier molecular flexibility index (Phi) is 6.81. The number of unbranched alkanes of at least 4 members (excludes halogenated alkanes) is 3. The Morgan fingerprint density at radius 1 is 1.30 bits per heavy atom. The Morgan fingerprint density at radius 2 is 2.13 bits per heavy atom. The third-order valence-electron chi connectivity index (χ3n) is 3.91. The monoisotopic (exact) mass is 314 g/mol. The van der Waals surface area contributed by atoms with Crippen LogP contribution in [0, 0.1) is 0 Å². The zero-order chi connectivity index (χ0) is 16.5. The van der Waals surface area contributed by atoms with E-state index < -0.39 is 0 Å². The molecule has 0 bridgehead atoms. The Hall–Kier alpha value is -2.14. The van der Waals surface area contributed by atoms with E-state index in [1.165, 1.54) is 0 Å². The number of rotatable bonds is 9. The minimum Gasteiger partial charge on any atom is -0.350 e. The van der Waals surface area contributed by atoms with Gasteiger partial charge in [-0.15, -0.1) is 0 Å². The molecule has 1 aromatic heterocycles. The van der Waals surface area contributed by atoms with E-state index in [0.717, 1.165) is 43.5 Å². The second-order valence-corrected chi connectivity index (χ2v) is 5.81. The molecule has 0 radical (unpaired) electrons. The molecule has 1 unspecified atom stereocenters. The van der Waals surface area contributed by atoms with Crippen molar-refractivity contribution < 1.29 is 4.79 Å². The summed E-state index contributed by atoms with van der Waals surface area (Å²) in [5.41, 5.74) is 7.60. The standard InChI is InChI=1S/C18H26N4O/c1-15(21-18(23)9-4-2-3-5-10-19)16-7-6-8-17(13-16)22-12-11-20-14-22/h6-8,11-15H,2-5,9-10,19H2,1H3,(H,21,23). The fraction of sp³-hybridized carbons (Fsp3) is 0.444. The molecule has 2 aromatic rings. The molecule has 124 valence electrons. The Bertz CT molecular complexity index is 595. The van der Waals surface area contributed by atoms with Crippen LogP contribution in [0.5, 0.6) is 0 Å². The average molecular weight is 314 g/mol. The van der Waals surface area contributed by atoms with Gasteiger partial charge in [-0.25, -0.2) is 4.98 Å². The second-order valence-electron chi connectivity index (χ2n) is 5.81. The van der Waals surface area contributed by atoms with Crippen molar-refractivity contribution in [3.8, 4) is 5.69 Å². The summed E-state index contributed by atoms with van der Waals surface area (Å²) in [6.45, 7) is 2.75. The van der Waals surface area contributed by atoms with E-state index in [0.29, 0.717) is 6.42 Å². The van der Waals surface area contributed by atoms with E-state index in [-0.39, 0.29) is 11.9 Å². The lowest BCUT2D eigenvalue weighted by Gasteiger charge is -2.15. The van der Waals surface area contributed by atoms with Crippen molar-refractivity contribution in [3.05, 3.63) is 48.5 Å². The van der Waals surface area contributed by atoms with Crippen LogP contribution in [0.15, 0.2) is 43.0 Å². The van der Waals surface area contributed by atoms with Gasteiger partial charge in [-0.3, -0.25) is 4.79 Å². The normalized spacial score (nSPS) is 12.1. The van der Waals surface area contributed by atoms with Crippen LogP contribution in [0.4, 0.5) is 0 Å². The summed E-state index contributed by atoms with van der Waals surface area (Å²) in [6, 6.07) is 8.13. The van der Waals surface area contributed by atoms with Crippen LogP contribution in [-0.2, 0) is 4.79 Å². The minimum absolute atomic E-state index is 0.00462. The van der Waals surface area contributed by atoms with Gasteiger partial charge in [0.2, 0.25) is 5.91 Å². The average Bonchev–Trinajstić information content (AvgIpc) is 3.09. The van der Waals surface area contributed by atoms with E-state index in [2.05, 4.69) is 16.4 Å². The number of nitrogens with two attached hydrogens (primary N) is 1. The van der Waals surface area contributed by atoms with Gasteiger partial charge in [0.25, 0.3) is 0 Å². The Balaban J connectivity index is 1.84. The van der Waals surface area contributed by atoms with Gasteiger partial charge in [-0.05, 0) is 44.0 Å². The van der Waals surface area contributed by atoms with Gasteiger partial charge in [0.05, 0.1) is 12.4 Å². The first-order valence-corrected chi connectivity index (χ1v) is 8.28. The smallest absolute Gasteiger partial charge is 0.220 e. The van der Waals surface area contributed by atoms with Crippen LogP contribution in [0.2, 0.25) is 0 Å². The molecule has 0 fully saturated rings. The van der Waals surface area contributed by atoms with Crippen molar-refractivity contribution in [2.75, 3.05) is 6.54 Å². The number of benzene rings is 1. The predicted octanol–water partition coefficient (Wildman–Crippen LogP) is 2.96. The molecule has 0 aliphatic heterocycles. The van der Waals surface area contributed by atoms with Crippen molar-refractivity contribution in [2.24, 2.45) is 5.73 Å². The summed E-state index contributed by atoms with van der Waals surface area (Å²) in [5, 5.41) is 3.07. The highest BCUT2D eigenvalue weighted by Crippen LogP contribution is 2.17. The highest BCUT2D eigenvalue weighted by atomic mass is 16.1. The van der Waals surface area contributed by atoms with E-state index in [9.17, 15) is 4.79 Å². The molecule has 0 spiro atoms. The summed E-state index contributed by atoms with van der Waals surface area (Å²) >= 11 is 0. The molecule has 2 rings (SSSR count). The summed E-state index contributed by atoms with van der Waals surface area (Å²) in [4.78, 5) is 16.1. The largest absolute Gasteiger partial charge is 0.350 e. The van der Waals surface area contributed by atoms with Crippen LogP contribution in [0.25, 0.3) is 5.69 Å². The molecular formula is C18H26N4O. The van der Waals surface area contributed by atoms with Gasteiger partial charge in [-0.2, -0.15) is 0 Å². The van der Waals surface area contributed by atoms with Gasteiger partial charge in [0.1, 0.15) is 0 Å². The van der Waals surface area contributed by atoms with E-state index in [1.807, 2.05) is 35.9 Å². The number of amides is 1. The first-order chi connectivity index (χ1) is 11.2. The maximum absolute atomic E-state index is 12.0. The maximum atomic E-state index is 12.0. The van der Waals surface area contributed by atoms with Crippen LogP contribution in [0.3, 0.4) is 0 Å². The van der Waals surface area contributed by atoms with Crippen LogP contribution in [0.1, 0.15) is 50.6 Å². The summed E-state index contributed by atoms with van der Waals surface area (Å²) in [7, 11) is 0. The lowest BCUT2D eigenvalue weighted by atomic mass is 10.1. The number of hydrogen-bond donors (Lipinski definition) is 2. The number of imidazole rings is 1. The molecular weight excluding hydrogens is 288 g/mol. The topological polar surface area (TPSA) is 72.9 Å². The molecule has 1 amide bonds. The summed E-state index contributed by atoms with van der Waals surface area (Å²) in [5.74, 6) is 0.110. The number of nitrogens with one attached hydrogen (secondary N) is 1. The molecule has 1 aromatic carbocycles. The van der Waals surface area contributed by atoms with Crippen molar-refractivity contribution in [1.82, 2.24) is 14.9 Å². The zero-order valence-corrected chi connectivity index (χ0v) is 13.7. The molecule has 5 heteroatoms. The fourth-order valence-corrected chi connectivity index (χ4v) is 2.55. The van der Waals surface area contributed by atoms with E-state index in [1.54, 1.807) is 12.5 Å². The third kappa shape index (κ3) is 5.53. The van der Waals surface area contributed by atoms with Gasteiger partial charge in [-0.1, -0.05) is 25.0 Å². The minimum atomic E-state index is -0.00462. The van der Waals surface area contributed by atoms with Gasteiger partial charge in [0, 0.05) is 24.5 Å². The van der Waals surface area contributed by atoms with Crippen molar-refractivity contribution >= 4 is 5.91 Å². The molecule has 1 heterocycles. The molecule has 23 heavy (non-hydrogen) atoms. The van der Waals surface area contributed by atoms with Gasteiger partial charge in [0.15, 0.2) is 0 Å². The molecule has 5 nitrogen and oxygen atoms in total. The first kappa shape index (κ1) is 17.2. The number of hydrogen-bond acceptors (Lipinski definition) is 3. The fourth-order valence-electron chi connectivity index (χ4n) is 2.55. The molecule has 0 aliphatic carbocycles. The third-order valence-corrected chi connectivity index (χ3v) is 3.91. The van der Waals surface area contributed by atoms with Crippen LogP contribution in [-0.4, -0.2) is 22.0 Å². The molecule has 0 saturated carbocycles. The summed E-state index contributed by atoms with van der Waals surface area (Å²) in [6.07, 6.45) is 10.1.